The summed E-state index contributed by atoms with van der Waals surface area (Å²) in [5.41, 5.74) is 1.15. The van der Waals surface area contributed by atoms with Gasteiger partial charge >= 0.3 is 0 Å². The topological polar surface area (TPSA) is 40.6 Å². The molecule has 0 spiro atoms. The third-order valence-corrected chi connectivity index (χ3v) is 5.35. The molecule has 0 bridgehead atoms. The van der Waals surface area contributed by atoms with Crippen LogP contribution in [0.15, 0.2) is 29.2 Å². The minimum atomic E-state index is 0.0316. The highest BCUT2D eigenvalue weighted by Crippen LogP contribution is 2.22. The van der Waals surface area contributed by atoms with E-state index in [9.17, 15) is 9.59 Å². The largest absolute Gasteiger partial charge is 0.342 e. The maximum absolute atomic E-state index is 12.7. The number of hydrogen-bond donors (Lipinski definition) is 0. The van der Waals surface area contributed by atoms with Gasteiger partial charge in [-0.3, -0.25) is 9.59 Å². The molecule has 2 amide bonds. The average molecular weight is 349 g/mol. The molecule has 5 heteroatoms. The summed E-state index contributed by atoms with van der Waals surface area (Å²) in [5.74, 6) is 0.463. The fourth-order valence-corrected chi connectivity index (χ4v) is 3.51. The van der Waals surface area contributed by atoms with Crippen molar-refractivity contribution in [2.75, 3.05) is 26.4 Å². The van der Waals surface area contributed by atoms with Gasteiger partial charge in [0, 0.05) is 43.4 Å². The lowest BCUT2D eigenvalue weighted by molar-refractivity contribution is -0.141. The van der Waals surface area contributed by atoms with Crippen molar-refractivity contribution in [2.45, 2.75) is 38.1 Å². The van der Waals surface area contributed by atoms with Gasteiger partial charge in [-0.2, -0.15) is 0 Å². The van der Waals surface area contributed by atoms with E-state index in [1.807, 2.05) is 30.7 Å². The van der Waals surface area contributed by atoms with Gasteiger partial charge in [0.1, 0.15) is 0 Å². The Hall–Kier alpha value is -1.49. The number of carbonyl (C=O) groups excluding carboxylic acids is 2. The van der Waals surface area contributed by atoms with Crippen LogP contribution in [0.5, 0.6) is 0 Å². The second-order valence-corrected chi connectivity index (χ2v) is 7.68. The van der Waals surface area contributed by atoms with Crippen LogP contribution in [0.3, 0.4) is 0 Å². The molecular weight excluding hydrogens is 320 g/mol. The van der Waals surface area contributed by atoms with Gasteiger partial charge in [-0.15, -0.1) is 11.8 Å². The molecule has 2 rings (SSSR count). The molecule has 0 atom stereocenters. The average Bonchev–Trinajstić information content (AvgIpc) is 2.61. The Labute approximate surface area is 149 Å². The number of likely N-dealkylation sites (tertiary alicyclic amines) is 1. The summed E-state index contributed by atoms with van der Waals surface area (Å²) in [4.78, 5) is 29.6. The number of thioether (sulfide) groups is 1. The highest BCUT2D eigenvalue weighted by atomic mass is 32.2. The Kier molecular flexibility index (Phi) is 6.72. The summed E-state index contributed by atoms with van der Waals surface area (Å²) in [5, 5.41) is 0. The van der Waals surface area contributed by atoms with Crippen LogP contribution in [0.1, 0.15) is 32.3 Å². The van der Waals surface area contributed by atoms with E-state index in [2.05, 4.69) is 30.5 Å². The zero-order chi connectivity index (χ0) is 17.7. The van der Waals surface area contributed by atoms with Crippen molar-refractivity contribution >= 4 is 23.6 Å². The summed E-state index contributed by atoms with van der Waals surface area (Å²) in [7, 11) is 1.87. The van der Waals surface area contributed by atoms with Gasteiger partial charge in [0.2, 0.25) is 11.8 Å². The third kappa shape index (κ3) is 4.76. The molecule has 0 unspecified atom stereocenters. The molecule has 1 aliphatic rings. The van der Waals surface area contributed by atoms with Gasteiger partial charge in [-0.25, -0.2) is 0 Å². The molecule has 1 aromatic rings. The Morgan fingerprint density at radius 3 is 2.29 bits per heavy atom. The van der Waals surface area contributed by atoms with E-state index < -0.39 is 0 Å². The van der Waals surface area contributed by atoms with Crippen LogP contribution in [0.4, 0.5) is 0 Å². The number of benzene rings is 1. The number of amides is 2. The van der Waals surface area contributed by atoms with Gasteiger partial charge in [-0.05, 0) is 36.8 Å². The predicted octanol–water partition coefficient (Wildman–Crippen LogP) is 3.26. The Balaban J connectivity index is 1.86. The first-order chi connectivity index (χ1) is 11.4. The zero-order valence-corrected chi connectivity index (χ0v) is 15.9. The monoisotopic (exact) mass is 348 g/mol. The van der Waals surface area contributed by atoms with E-state index in [4.69, 9.17) is 0 Å². The minimum Gasteiger partial charge on any atom is -0.342 e. The van der Waals surface area contributed by atoms with Crippen LogP contribution in [-0.4, -0.2) is 48.0 Å². The van der Waals surface area contributed by atoms with E-state index in [1.165, 1.54) is 4.90 Å². The van der Waals surface area contributed by atoms with Crippen molar-refractivity contribution in [3.63, 3.8) is 0 Å². The number of nitrogens with zero attached hydrogens (tertiary/aromatic N) is 2. The van der Waals surface area contributed by atoms with Crippen LogP contribution in [0.25, 0.3) is 0 Å². The lowest BCUT2D eigenvalue weighted by Crippen LogP contribution is -2.44. The first-order valence-corrected chi connectivity index (χ1v) is 9.81. The highest BCUT2D eigenvalue weighted by molar-refractivity contribution is 7.98. The van der Waals surface area contributed by atoms with Crippen molar-refractivity contribution in [3.05, 3.63) is 29.8 Å². The Bertz CT molecular complexity index is 563. The third-order valence-electron chi connectivity index (χ3n) is 4.60. The van der Waals surface area contributed by atoms with Crippen LogP contribution >= 0.6 is 11.8 Å². The summed E-state index contributed by atoms with van der Waals surface area (Å²) in [6.45, 7) is 5.89. The number of carbonyl (C=O) groups is 2. The molecule has 4 nitrogen and oxygen atoms in total. The number of piperidine rings is 1. The van der Waals surface area contributed by atoms with Crippen molar-refractivity contribution in [1.29, 1.82) is 0 Å². The summed E-state index contributed by atoms with van der Waals surface area (Å²) >= 11 is 1.72. The Morgan fingerprint density at radius 2 is 1.79 bits per heavy atom. The Morgan fingerprint density at radius 1 is 1.21 bits per heavy atom. The first kappa shape index (κ1) is 18.8. The predicted molar refractivity (Wildman–Crippen MR) is 98.8 cm³/mol. The maximum atomic E-state index is 12.7. The molecule has 1 heterocycles. The summed E-state index contributed by atoms with van der Waals surface area (Å²) in [6.07, 6.45) is 3.60. The highest BCUT2D eigenvalue weighted by Gasteiger charge is 2.29. The van der Waals surface area contributed by atoms with Gasteiger partial charge < -0.3 is 9.80 Å². The molecule has 0 saturated carbocycles. The SMILES string of the molecule is CSc1ccc(CN(C)C(=O)C2CCN(C(=O)C(C)C)CC2)cc1. The lowest BCUT2D eigenvalue weighted by Gasteiger charge is -2.34. The second-order valence-electron chi connectivity index (χ2n) is 6.80. The fourth-order valence-electron chi connectivity index (χ4n) is 3.11. The van der Waals surface area contributed by atoms with Gasteiger partial charge in [0.15, 0.2) is 0 Å². The van der Waals surface area contributed by atoms with Crippen LogP contribution in [-0.2, 0) is 16.1 Å². The molecule has 0 aliphatic carbocycles. The standard InChI is InChI=1S/C19H28N2O2S/c1-14(2)18(22)21-11-9-16(10-12-21)19(23)20(3)13-15-5-7-17(24-4)8-6-15/h5-8,14,16H,9-13H2,1-4H3. The molecule has 24 heavy (non-hydrogen) atoms. The van der Waals surface area contributed by atoms with Crippen molar-refractivity contribution in [2.24, 2.45) is 11.8 Å². The second kappa shape index (κ2) is 8.56. The number of rotatable bonds is 5. The van der Waals surface area contributed by atoms with E-state index in [0.717, 1.165) is 18.4 Å². The zero-order valence-electron chi connectivity index (χ0n) is 15.1. The quantitative estimate of drug-likeness (QED) is 0.767. The lowest BCUT2D eigenvalue weighted by atomic mass is 9.94. The fraction of sp³-hybridized carbons (Fsp3) is 0.579. The maximum Gasteiger partial charge on any atom is 0.225 e. The molecule has 132 valence electrons. The normalized spacial score (nSPS) is 15.6. The minimum absolute atomic E-state index is 0.0316. The molecule has 1 aromatic carbocycles. The molecule has 1 aliphatic heterocycles. The molecule has 0 aromatic heterocycles. The molecule has 1 fully saturated rings. The van der Waals surface area contributed by atoms with Crippen molar-refractivity contribution in [1.82, 2.24) is 9.80 Å². The van der Waals surface area contributed by atoms with E-state index in [0.29, 0.717) is 19.6 Å². The smallest absolute Gasteiger partial charge is 0.225 e. The van der Waals surface area contributed by atoms with Crippen LogP contribution in [0, 0.1) is 11.8 Å². The van der Waals surface area contributed by atoms with Crippen LogP contribution in [0.2, 0.25) is 0 Å². The number of hydrogen-bond acceptors (Lipinski definition) is 3. The van der Waals surface area contributed by atoms with E-state index in [-0.39, 0.29) is 23.7 Å². The van der Waals surface area contributed by atoms with Crippen molar-refractivity contribution < 1.29 is 9.59 Å². The summed E-state index contributed by atoms with van der Waals surface area (Å²) < 4.78 is 0. The first-order valence-electron chi connectivity index (χ1n) is 8.59. The molecule has 0 radical (unpaired) electrons. The van der Waals surface area contributed by atoms with Crippen molar-refractivity contribution in [3.8, 4) is 0 Å². The summed E-state index contributed by atoms with van der Waals surface area (Å²) in [6, 6.07) is 8.35. The van der Waals surface area contributed by atoms with E-state index >= 15 is 0 Å². The van der Waals surface area contributed by atoms with Gasteiger partial charge in [0.05, 0.1) is 0 Å². The van der Waals surface area contributed by atoms with Gasteiger partial charge in [0.25, 0.3) is 0 Å². The van der Waals surface area contributed by atoms with Crippen LogP contribution < -0.4 is 0 Å². The molecular formula is C19H28N2O2S. The molecule has 0 N–H and O–H groups in total. The molecule has 1 saturated heterocycles. The van der Waals surface area contributed by atoms with E-state index in [1.54, 1.807) is 11.8 Å². The van der Waals surface area contributed by atoms with Gasteiger partial charge in [-0.1, -0.05) is 26.0 Å².